The molecule has 0 aliphatic carbocycles. The molecule has 2 N–H and O–H groups in total. The van der Waals surface area contributed by atoms with Gasteiger partial charge in [0.1, 0.15) is 11.5 Å². The zero-order valence-electron chi connectivity index (χ0n) is 14.0. The van der Waals surface area contributed by atoms with Crippen LogP contribution in [0, 0.1) is 6.92 Å². The molecular formula is C19H16Cl2N4O. The number of amides is 1. The van der Waals surface area contributed by atoms with E-state index < -0.39 is 5.91 Å². The average molecular weight is 387 g/mol. The Morgan fingerprint density at radius 2 is 1.81 bits per heavy atom. The number of carbonyl (C=O) groups is 1. The van der Waals surface area contributed by atoms with Crippen molar-refractivity contribution in [1.82, 2.24) is 9.97 Å². The minimum atomic E-state index is -0.410. The van der Waals surface area contributed by atoms with Crippen LogP contribution in [0.25, 0.3) is 0 Å². The van der Waals surface area contributed by atoms with Crippen LogP contribution in [0.2, 0.25) is 10.0 Å². The quantitative estimate of drug-likeness (QED) is 0.650. The van der Waals surface area contributed by atoms with Crippen LogP contribution in [0.3, 0.4) is 0 Å². The molecule has 3 aromatic rings. The largest absolute Gasteiger partial charge is 0.365 e. The van der Waals surface area contributed by atoms with Crippen LogP contribution in [-0.2, 0) is 6.54 Å². The predicted octanol–water partition coefficient (Wildman–Crippen LogP) is 4.96. The lowest BCUT2D eigenvalue weighted by Crippen LogP contribution is -2.14. The zero-order chi connectivity index (χ0) is 18.5. The van der Waals surface area contributed by atoms with Gasteiger partial charge in [-0.1, -0.05) is 53.0 Å². The van der Waals surface area contributed by atoms with Crippen molar-refractivity contribution in [1.29, 1.82) is 0 Å². The predicted molar refractivity (Wildman–Crippen MR) is 105 cm³/mol. The summed E-state index contributed by atoms with van der Waals surface area (Å²) in [6.07, 6.45) is 2.92. The summed E-state index contributed by atoms with van der Waals surface area (Å²) >= 11 is 12.0. The van der Waals surface area contributed by atoms with E-state index in [9.17, 15) is 4.79 Å². The zero-order valence-corrected chi connectivity index (χ0v) is 15.5. The third kappa shape index (κ3) is 4.71. The summed E-state index contributed by atoms with van der Waals surface area (Å²) in [5, 5.41) is 6.71. The van der Waals surface area contributed by atoms with E-state index >= 15 is 0 Å². The Morgan fingerprint density at radius 1 is 1.04 bits per heavy atom. The van der Waals surface area contributed by atoms with E-state index in [1.807, 2.05) is 19.1 Å². The van der Waals surface area contributed by atoms with Gasteiger partial charge >= 0.3 is 0 Å². The Morgan fingerprint density at radius 3 is 2.50 bits per heavy atom. The third-order valence-electron chi connectivity index (χ3n) is 3.66. The van der Waals surface area contributed by atoms with Gasteiger partial charge in [0.05, 0.1) is 23.1 Å². The van der Waals surface area contributed by atoms with Gasteiger partial charge in [-0.3, -0.25) is 4.79 Å². The summed E-state index contributed by atoms with van der Waals surface area (Å²) in [4.78, 5) is 20.6. The summed E-state index contributed by atoms with van der Waals surface area (Å²) in [5.74, 6) is 0.176. The Kier molecular flexibility index (Phi) is 5.71. The molecule has 0 aliphatic rings. The number of aryl methyl sites for hydroxylation is 1. The molecule has 2 aromatic carbocycles. The molecule has 0 saturated heterocycles. The number of carbonyl (C=O) groups excluding carboxylic acids is 1. The summed E-state index contributed by atoms with van der Waals surface area (Å²) in [5.41, 5.74) is 2.95. The van der Waals surface area contributed by atoms with Crippen LogP contribution >= 0.6 is 23.2 Å². The number of halogens is 2. The van der Waals surface area contributed by atoms with Gasteiger partial charge in [-0.05, 0) is 30.7 Å². The maximum absolute atomic E-state index is 12.3. The van der Waals surface area contributed by atoms with E-state index in [-0.39, 0.29) is 5.69 Å². The smallest absolute Gasteiger partial charge is 0.275 e. The molecular weight excluding hydrogens is 371 g/mol. The van der Waals surface area contributed by atoms with E-state index in [1.165, 1.54) is 18.0 Å². The highest BCUT2D eigenvalue weighted by Crippen LogP contribution is 2.25. The minimum absolute atomic E-state index is 0.182. The van der Waals surface area contributed by atoms with E-state index in [0.717, 1.165) is 5.56 Å². The number of hydrogen-bond donors (Lipinski definition) is 2. The SMILES string of the molecule is Cc1ccc(CNc2cnc(C(=O)Nc3cc(Cl)ccc3Cl)cn2)cc1. The Labute approximate surface area is 161 Å². The molecule has 1 amide bonds. The highest BCUT2D eigenvalue weighted by atomic mass is 35.5. The molecule has 0 spiro atoms. The highest BCUT2D eigenvalue weighted by molar-refractivity contribution is 6.35. The summed E-state index contributed by atoms with van der Waals surface area (Å²) in [6.45, 7) is 2.67. The van der Waals surface area contributed by atoms with Crippen LogP contribution in [0.5, 0.6) is 0 Å². The third-order valence-corrected chi connectivity index (χ3v) is 4.22. The first-order valence-corrected chi connectivity index (χ1v) is 8.65. The van der Waals surface area contributed by atoms with Crippen molar-refractivity contribution >= 4 is 40.6 Å². The normalized spacial score (nSPS) is 10.4. The van der Waals surface area contributed by atoms with E-state index in [4.69, 9.17) is 23.2 Å². The van der Waals surface area contributed by atoms with Crippen molar-refractivity contribution in [3.8, 4) is 0 Å². The topological polar surface area (TPSA) is 66.9 Å². The van der Waals surface area contributed by atoms with Gasteiger partial charge in [0.25, 0.3) is 5.91 Å². The maximum atomic E-state index is 12.3. The molecule has 0 aliphatic heterocycles. The molecule has 0 saturated carbocycles. The van der Waals surface area contributed by atoms with Crippen molar-refractivity contribution in [2.45, 2.75) is 13.5 Å². The molecule has 0 radical (unpaired) electrons. The number of nitrogens with one attached hydrogen (secondary N) is 2. The first-order valence-electron chi connectivity index (χ1n) is 7.89. The van der Waals surface area contributed by atoms with E-state index in [2.05, 4.69) is 32.7 Å². The van der Waals surface area contributed by atoms with Crippen molar-refractivity contribution in [3.63, 3.8) is 0 Å². The second-order valence-electron chi connectivity index (χ2n) is 5.70. The van der Waals surface area contributed by atoms with Gasteiger partial charge in [0.2, 0.25) is 0 Å². The van der Waals surface area contributed by atoms with Crippen molar-refractivity contribution in [3.05, 3.63) is 81.7 Å². The van der Waals surface area contributed by atoms with Crippen LogP contribution in [0.15, 0.2) is 54.9 Å². The van der Waals surface area contributed by atoms with Gasteiger partial charge < -0.3 is 10.6 Å². The van der Waals surface area contributed by atoms with E-state index in [0.29, 0.717) is 28.1 Å². The molecule has 3 rings (SSSR count). The van der Waals surface area contributed by atoms with Gasteiger partial charge in [-0.15, -0.1) is 0 Å². The fourth-order valence-electron chi connectivity index (χ4n) is 2.21. The van der Waals surface area contributed by atoms with Gasteiger partial charge in [-0.25, -0.2) is 9.97 Å². The summed E-state index contributed by atoms with van der Waals surface area (Å²) in [6, 6.07) is 13.0. The monoisotopic (exact) mass is 386 g/mol. The van der Waals surface area contributed by atoms with Crippen molar-refractivity contribution in [2.24, 2.45) is 0 Å². The lowest BCUT2D eigenvalue weighted by atomic mass is 10.1. The number of benzene rings is 2. The molecule has 26 heavy (non-hydrogen) atoms. The number of hydrogen-bond acceptors (Lipinski definition) is 4. The molecule has 0 fully saturated rings. The summed E-state index contributed by atoms with van der Waals surface area (Å²) < 4.78 is 0. The highest BCUT2D eigenvalue weighted by Gasteiger charge is 2.11. The number of nitrogens with zero attached hydrogens (tertiary/aromatic N) is 2. The molecule has 0 atom stereocenters. The van der Waals surface area contributed by atoms with Gasteiger partial charge in [0.15, 0.2) is 0 Å². The molecule has 7 heteroatoms. The lowest BCUT2D eigenvalue weighted by Gasteiger charge is -2.08. The Hall–Kier alpha value is -2.63. The number of anilines is 2. The maximum Gasteiger partial charge on any atom is 0.275 e. The van der Waals surface area contributed by atoms with Crippen LogP contribution in [0.1, 0.15) is 21.6 Å². The average Bonchev–Trinajstić information content (AvgIpc) is 2.64. The Balaban J connectivity index is 1.62. The van der Waals surface area contributed by atoms with Gasteiger partial charge in [-0.2, -0.15) is 0 Å². The first-order chi connectivity index (χ1) is 12.5. The van der Waals surface area contributed by atoms with Crippen molar-refractivity contribution in [2.75, 3.05) is 10.6 Å². The van der Waals surface area contributed by atoms with Crippen molar-refractivity contribution < 1.29 is 4.79 Å². The molecule has 0 unspecified atom stereocenters. The minimum Gasteiger partial charge on any atom is -0.365 e. The number of rotatable bonds is 5. The molecule has 132 valence electrons. The lowest BCUT2D eigenvalue weighted by molar-refractivity contribution is 0.102. The fourth-order valence-corrected chi connectivity index (χ4v) is 2.55. The number of aromatic nitrogens is 2. The van der Waals surface area contributed by atoms with Gasteiger partial charge in [0, 0.05) is 11.6 Å². The van der Waals surface area contributed by atoms with Crippen LogP contribution < -0.4 is 10.6 Å². The standard InChI is InChI=1S/C19H16Cl2N4O/c1-12-2-4-13(5-3-12)9-23-18-11-22-17(10-24-18)19(26)25-16-8-14(20)6-7-15(16)21/h2-8,10-11H,9H2,1H3,(H,23,24)(H,25,26). The molecule has 5 nitrogen and oxygen atoms in total. The summed E-state index contributed by atoms with van der Waals surface area (Å²) in [7, 11) is 0. The fraction of sp³-hybridized carbons (Fsp3) is 0.105. The molecule has 1 heterocycles. The van der Waals surface area contributed by atoms with Crippen LogP contribution in [-0.4, -0.2) is 15.9 Å². The van der Waals surface area contributed by atoms with Crippen LogP contribution in [0.4, 0.5) is 11.5 Å². The first kappa shape index (κ1) is 18.2. The Bertz CT molecular complexity index is 912. The molecule has 1 aromatic heterocycles. The van der Waals surface area contributed by atoms with E-state index in [1.54, 1.807) is 18.2 Å². The second-order valence-corrected chi connectivity index (χ2v) is 6.55. The molecule has 0 bridgehead atoms. The second kappa shape index (κ2) is 8.17.